The van der Waals surface area contributed by atoms with Crippen molar-refractivity contribution in [2.24, 2.45) is 5.92 Å². The molecule has 0 bridgehead atoms. The molecule has 2 aliphatic heterocycles. The fourth-order valence-corrected chi connectivity index (χ4v) is 1.82. The minimum absolute atomic E-state index is 0.157. The molecule has 5 nitrogen and oxygen atoms in total. The Labute approximate surface area is 89.0 Å². The number of nitriles is 1. The Hall–Kier alpha value is -1.12. The minimum atomic E-state index is -0.442. The van der Waals surface area contributed by atoms with E-state index in [1.54, 1.807) is 4.90 Å². The summed E-state index contributed by atoms with van der Waals surface area (Å²) >= 11 is 0. The van der Waals surface area contributed by atoms with Gasteiger partial charge in [0, 0.05) is 13.0 Å². The molecule has 5 heteroatoms. The Morgan fingerprint density at radius 2 is 2.40 bits per heavy atom. The number of nitrogens with zero attached hydrogens (tertiary/aromatic N) is 2. The highest BCUT2D eigenvalue weighted by Gasteiger charge is 2.27. The smallest absolute Gasteiger partial charge is 0.223 e. The van der Waals surface area contributed by atoms with Crippen molar-refractivity contribution in [3.8, 4) is 6.07 Å². The molecule has 2 aliphatic rings. The monoisotopic (exact) mass is 209 g/mol. The fourth-order valence-electron chi connectivity index (χ4n) is 1.82. The van der Waals surface area contributed by atoms with Gasteiger partial charge in [-0.05, 0) is 19.0 Å². The van der Waals surface area contributed by atoms with Gasteiger partial charge in [0.25, 0.3) is 0 Å². The summed E-state index contributed by atoms with van der Waals surface area (Å²) in [5, 5.41) is 11.8. The maximum absolute atomic E-state index is 11.8. The molecule has 2 saturated heterocycles. The van der Waals surface area contributed by atoms with Crippen LogP contribution >= 0.6 is 0 Å². The van der Waals surface area contributed by atoms with Crippen molar-refractivity contribution in [2.75, 3.05) is 32.8 Å². The predicted molar refractivity (Wildman–Crippen MR) is 52.9 cm³/mol. The Morgan fingerprint density at radius 1 is 1.60 bits per heavy atom. The number of nitrogens with one attached hydrogen (secondary N) is 1. The van der Waals surface area contributed by atoms with Gasteiger partial charge in [-0.25, -0.2) is 0 Å². The summed E-state index contributed by atoms with van der Waals surface area (Å²) in [6.45, 7) is 3.41. The first-order valence-electron chi connectivity index (χ1n) is 5.29. The molecule has 1 atom stereocenters. The van der Waals surface area contributed by atoms with Gasteiger partial charge in [-0.3, -0.25) is 4.79 Å². The lowest BCUT2D eigenvalue weighted by atomic mass is 9.98. The Balaban J connectivity index is 1.81. The van der Waals surface area contributed by atoms with Gasteiger partial charge < -0.3 is 15.0 Å². The molecule has 15 heavy (non-hydrogen) atoms. The van der Waals surface area contributed by atoms with Gasteiger partial charge in [0.05, 0.1) is 19.2 Å². The summed E-state index contributed by atoms with van der Waals surface area (Å²) < 4.78 is 5.19. The number of carbonyl (C=O) groups is 1. The van der Waals surface area contributed by atoms with Gasteiger partial charge in [0.2, 0.25) is 5.91 Å². The van der Waals surface area contributed by atoms with E-state index < -0.39 is 6.10 Å². The number of hydrogen-bond donors (Lipinski definition) is 1. The second-order valence-electron chi connectivity index (χ2n) is 4.06. The van der Waals surface area contributed by atoms with Gasteiger partial charge in [-0.15, -0.1) is 0 Å². The predicted octanol–water partition coefficient (Wildman–Crippen LogP) is -0.653. The zero-order chi connectivity index (χ0) is 10.7. The number of carbonyl (C=O) groups excluding carboxylic acids is 1. The van der Waals surface area contributed by atoms with Crippen molar-refractivity contribution in [3.63, 3.8) is 0 Å². The normalized spacial score (nSPS) is 26.9. The summed E-state index contributed by atoms with van der Waals surface area (Å²) in [6, 6.07) is 2.04. The molecule has 1 N–H and O–H groups in total. The Bertz CT molecular complexity index is 283. The lowest BCUT2D eigenvalue weighted by molar-refractivity contribution is -0.138. The van der Waals surface area contributed by atoms with E-state index in [4.69, 9.17) is 10.00 Å². The van der Waals surface area contributed by atoms with E-state index in [2.05, 4.69) is 5.32 Å². The second kappa shape index (κ2) is 4.60. The largest absolute Gasteiger partial charge is 0.360 e. The van der Waals surface area contributed by atoms with Crippen LogP contribution in [0.2, 0.25) is 0 Å². The van der Waals surface area contributed by atoms with Gasteiger partial charge in [-0.1, -0.05) is 0 Å². The molecular weight excluding hydrogens is 194 g/mol. The van der Waals surface area contributed by atoms with Crippen LogP contribution in [0.4, 0.5) is 0 Å². The van der Waals surface area contributed by atoms with Crippen LogP contribution < -0.4 is 5.32 Å². The summed E-state index contributed by atoms with van der Waals surface area (Å²) in [6.07, 6.45) is 0.160. The minimum Gasteiger partial charge on any atom is -0.360 e. The molecule has 0 aromatic heterocycles. The van der Waals surface area contributed by atoms with Crippen LogP contribution in [-0.4, -0.2) is 49.7 Å². The molecule has 1 amide bonds. The second-order valence-corrected chi connectivity index (χ2v) is 4.06. The number of amides is 1. The van der Waals surface area contributed by atoms with Crippen molar-refractivity contribution in [1.29, 1.82) is 5.26 Å². The molecule has 0 spiro atoms. The van der Waals surface area contributed by atoms with Gasteiger partial charge in [0.15, 0.2) is 6.10 Å². The highest BCUT2D eigenvalue weighted by Crippen LogP contribution is 2.13. The average Bonchev–Trinajstić information content (AvgIpc) is 2.23. The fraction of sp³-hybridized carbons (Fsp3) is 0.800. The van der Waals surface area contributed by atoms with Crippen LogP contribution in [0.1, 0.15) is 6.42 Å². The number of hydrogen-bond acceptors (Lipinski definition) is 4. The molecule has 0 saturated carbocycles. The highest BCUT2D eigenvalue weighted by molar-refractivity contribution is 5.76. The van der Waals surface area contributed by atoms with E-state index in [-0.39, 0.29) is 5.91 Å². The van der Waals surface area contributed by atoms with E-state index in [9.17, 15) is 4.79 Å². The summed E-state index contributed by atoms with van der Waals surface area (Å²) in [5.74, 6) is 0.644. The zero-order valence-corrected chi connectivity index (χ0v) is 8.61. The molecule has 1 unspecified atom stereocenters. The first-order chi connectivity index (χ1) is 7.29. The number of morpholine rings is 1. The van der Waals surface area contributed by atoms with Crippen molar-refractivity contribution in [3.05, 3.63) is 0 Å². The quantitative estimate of drug-likeness (QED) is 0.656. The SMILES string of the molecule is N#CC1CN(C(=O)CC2CNC2)CCO1. The van der Waals surface area contributed by atoms with Gasteiger partial charge >= 0.3 is 0 Å². The van der Waals surface area contributed by atoms with E-state index in [0.717, 1.165) is 13.1 Å². The molecule has 82 valence electrons. The Kier molecular flexibility index (Phi) is 3.19. The summed E-state index contributed by atoms with van der Waals surface area (Å²) in [7, 11) is 0. The molecule has 0 aromatic rings. The number of rotatable bonds is 2. The van der Waals surface area contributed by atoms with Crippen molar-refractivity contribution < 1.29 is 9.53 Å². The molecule has 0 aliphatic carbocycles. The van der Waals surface area contributed by atoms with E-state index in [1.807, 2.05) is 6.07 Å². The maximum Gasteiger partial charge on any atom is 0.223 e. The third-order valence-electron chi connectivity index (χ3n) is 2.89. The van der Waals surface area contributed by atoms with Crippen molar-refractivity contribution in [2.45, 2.75) is 12.5 Å². The number of ether oxygens (including phenoxy) is 1. The highest BCUT2D eigenvalue weighted by atomic mass is 16.5. The summed E-state index contributed by atoms with van der Waals surface area (Å²) in [4.78, 5) is 13.5. The van der Waals surface area contributed by atoms with Crippen LogP contribution in [0.3, 0.4) is 0 Å². The molecule has 2 heterocycles. The molecular formula is C10H15N3O2. The summed E-state index contributed by atoms with van der Waals surface area (Å²) in [5.41, 5.74) is 0. The van der Waals surface area contributed by atoms with Crippen LogP contribution in [-0.2, 0) is 9.53 Å². The standard InChI is InChI=1S/C10H15N3O2/c11-4-9-7-13(1-2-15-9)10(14)3-8-5-12-6-8/h8-9,12H,1-3,5-7H2. The first-order valence-corrected chi connectivity index (χ1v) is 5.29. The third-order valence-corrected chi connectivity index (χ3v) is 2.89. The van der Waals surface area contributed by atoms with E-state index in [1.165, 1.54) is 0 Å². The van der Waals surface area contributed by atoms with Gasteiger partial charge in [0.1, 0.15) is 0 Å². The lowest BCUT2D eigenvalue weighted by Crippen LogP contribution is -2.49. The van der Waals surface area contributed by atoms with Crippen LogP contribution in [0.25, 0.3) is 0 Å². The van der Waals surface area contributed by atoms with Crippen LogP contribution in [0, 0.1) is 17.2 Å². The van der Waals surface area contributed by atoms with Crippen molar-refractivity contribution >= 4 is 5.91 Å². The van der Waals surface area contributed by atoms with Crippen LogP contribution in [0.5, 0.6) is 0 Å². The molecule has 2 rings (SSSR count). The molecule has 2 fully saturated rings. The Morgan fingerprint density at radius 3 is 3.00 bits per heavy atom. The van der Waals surface area contributed by atoms with E-state index >= 15 is 0 Å². The first kappa shape index (κ1) is 10.4. The van der Waals surface area contributed by atoms with Crippen LogP contribution in [0.15, 0.2) is 0 Å². The molecule has 0 radical (unpaired) electrons. The topological polar surface area (TPSA) is 65.4 Å². The average molecular weight is 209 g/mol. The van der Waals surface area contributed by atoms with Crippen molar-refractivity contribution in [1.82, 2.24) is 10.2 Å². The zero-order valence-electron chi connectivity index (χ0n) is 8.61. The maximum atomic E-state index is 11.8. The lowest BCUT2D eigenvalue weighted by Gasteiger charge is -2.33. The van der Waals surface area contributed by atoms with E-state index in [0.29, 0.717) is 32.0 Å². The third kappa shape index (κ3) is 2.46. The molecule has 0 aromatic carbocycles. The van der Waals surface area contributed by atoms with Gasteiger partial charge in [-0.2, -0.15) is 5.26 Å².